The van der Waals surface area contributed by atoms with Gasteiger partial charge in [-0.2, -0.15) is 0 Å². The minimum absolute atomic E-state index is 0.133. The molecule has 0 unspecified atom stereocenters. The summed E-state index contributed by atoms with van der Waals surface area (Å²) in [6.07, 6.45) is 2.56. The van der Waals surface area contributed by atoms with Crippen molar-refractivity contribution in [1.29, 1.82) is 0 Å². The Balaban J connectivity index is 2.88. The Morgan fingerprint density at radius 2 is 1.64 bits per heavy atom. The number of carbonyl (C=O) groups is 2. The molecule has 0 saturated heterocycles. The minimum Gasteiger partial charge on any atom is -0.484 e. The largest absolute Gasteiger partial charge is 0.484 e. The summed E-state index contributed by atoms with van der Waals surface area (Å²) in [5, 5.41) is 0. The first-order valence-electron chi connectivity index (χ1n) is 4.47. The number of ketones is 2. The third-order valence-electron chi connectivity index (χ3n) is 1.66. The quantitative estimate of drug-likeness (QED) is 0.597. The van der Waals surface area contributed by atoms with Gasteiger partial charge in [0.1, 0.15) is 5.60 Å². The zero-order valence-corrected chi connectivity index (χ0v) is 8.88. The molecule has 0 aromatic heterocycles. The molecular weight excluding hydrogens is 180 g/mol. The average Bonchev–Trinajstić information content (AvgIpc) is 1.97. The van der Waals surface area contributed by atoms with Crippen LogP contribution in [0, 0.1) is 0 Å². The number of hydrogen-bond donors (Lipinski definition) is 0. The van der Waals surface area contributed by atoms with E-state index in [9.17, 15) is 9.59 Å². The Morgan fingerprint density at radius 3 is 2.14 bits per heavy atom. The predicted molar refractivity (Wildman–Crippen MR) is 52.7 cm³/mol. The highest BCUT2D eigenvalue weighted by molar-refractivity contribution is 6.18. The van der Waals surface area contributed by atoms with E-state index >= 15 is 0 Å². The van der Waals surface area contributed by atoms with Crippen LogP contribution >= 0.6 is 0 Å². The molecule has 0 bridgehead atoms. The molecule has 3 heteroatoms. The molecule has 3 nitrogen and oxygen atoms in total. The molecule has 1 aliphatic rings. The fraction of sp³-hybridized carbons (Fsp3) is 0.455. The summed E-state index contributed by atoms with van der Waals surface area (Å²) in [7, 11) is 0. The molecule has 0 aromatic carbocycles. The SMILES string of the molecule is CC1=CC(=O)C(OC(C)(C)C)=CC1=O. The van der Waals surface area contributed by atoms with Crippen molar-refractivity contribution in [2.45, 2.75) is 33.3 Å². The van der Waals surface area contributed by atoms with Crippen LogP contribution in [0.1, 0.15) is 27.7 Å². The second-order valence-electron chi connectivity index (χ2n) is 4.28. The second-order valence-corrected chi connectivity index (χ2v) is 4.28. The molecule has 0 saturated carbocycles. The standard InChI is InChI=1S/C11H14O3/c1-7-5-9(13)10(6-8(7)12)14-11(2,3)4/h5-6H,1-4H3. The second kappa shape index (κ2) is 3.40. The normalized spacial score (nSPS) is 17.7. The van der Waals surface area contributed by atoms with Gasteiger partial charge >= 0.3 is 0 Å². The van der Waals surface area contributed by atoms with E-state index in [1.807, 2.05) is 20.8 Å². The molecule has 0 aliphatic heterocycles. The summed E-state index contributed by atoms with van der Waals surface area (Å²) in [4.78, 5) is 22.7. The molecule has 0 heterocycles. The highest BCUT2D eigenvalue weighted by atomic mass is 16.5. The number of carbonyl (C=O) groups excluding carboxylic acids is 2. The van der Waals surface area contributed by atoms with Gasteiger partial charge < -0.3 is 4.74 Å². The number of hydrogen-bond acceptors (Lipinski definition) is 3. The van der Waals surface area contributed by atoms with Crippen molar-refractivity contribution in [3.8, 4) is 0 Å². The van der Waals surface area contributed by atoms with E-state index in [0.717, 1.165) is 0 Å². The van der Waals surface area contributed by atoms with E-state index in [-0.39, 0.29) is 17.3 Å². The summed E-state index contributed by atoms with van der Waals surface area (Å²) < 4.78 is 5.36. The summed E-state index contributed by atoms with van der Waals surface area (Å²) in [5.74, 6) is -0.269. The summed E-state index contributed by atoms with van der Waals surface area (Å²) in [5.41, 5.74) is -0.00261. The lowest BCUT2D eigenvalue weighted by Gasteiger charge is -2.23. The number of allylic oxidation sites excluding steroid dienone is 3. The van der Waals surface area contributed by atoms with Crippen LogP contribution in [0.4, 0.5) is 0 Å². The van der Waals surface area contributed by atoms with E-state index < -0.39 is 5.60 Å². The molecule has 14 heavy (non-hydrogen) atoms. The smallest absolute Gasteiger partial charge is 0.220 e. The molecule has 0 atom stereocenters. The highest BCUT2D eigenvalue weighted by Gasteiger charge is 2.23. The molecule has 0 fully saturated rings. The Bertz CT molecular complexity index is 340. The lowest BCUT2D eigenvalue weighted by molar-refractivity contribution is -0.119. The van der Waals surface area contributed by atoms with Gasteiger partial charge in [-0.3, -0.25) is 9.59 Å². The lowest BCUT2D eigenvalue weighted by atomic mass is 10.0. The summed E-state index contributed by atoms with van der Waals surface area (Å²) >= 11 is 0. The molecule has 1 aliphatic carbocycles. The van der Waals surface area contributed by atoms with Gasteiger partial charge in [0, 0.05) is 11.6 Å². The average molecular weight is 194 g/mol. The van der Waals surface area contributed by atoms with Crippen LogP contribution in [-0.2, 0) is 14.3 Å². The van der Waals surface area contributed by atoms with Gasteiger partial charge in [-0.15, -0.1) is 0 Å². The van der Waals surface area contributed by atoms with Crippen molar-refractivity contribution in [3.05, 3.63) is 23.5 Å². The number of ether oxygens (including phenoxy) is 1. The zero-order valence-electron chi connectivity index (χ0n) is 8.88. The maximum absolute atomic E-state index is 11.4. The molecule has 1 rings (SSSR count). The molecule has 0 radical (unpaired) electrons. The van der Waals surface area contributed by atoms with Gasteiger partial charge in [0.2, 0.25) is 5.78 Å². The van der Waals surface area contributed by atoms with Gasteiger partial charge in [-0.1, -0.05) is 0 Å². The van der Waals surface area contributed by atoms with E-state index in [4.69, 9.17) is 4.74 Å². The lowest BCUT2D eigenvalue weighted by Crippen LogP contribution is -2.24. The van der Waals surface area contributed by atoms with Gasteiger partial charge in [0.15, 0.2) is 11.5 Å². The summed E-state index contributed by atoms with van der Waals surface area (Å²) in [6, 6.07) is 0. The van der Waals surface area contributed by atoms with E-state index in [2.05, 4.69) is 0 Å². The maximum Gasteiger partial charge on any atom is 0.220 e. The maximum atomic E-state index is 11.4. The van der Waals surface area contributed by atoms with E-state index in [1.165, 1.54) is 12.2 Å². The van der Waals surface area contributed by atoms with Crippen molar-refractivity contribution in [2.75, 3.05) is 0 Å². The van der Waals surface area contributed by atoms with Gasteiger partial charge in [-0.05, 0) is 33.8 Å². The van der Waals surface area contributed by atoms with Gasteiger partial charge in [0.05, 0.1) is 0 Å². The molecule has 0 spiro atoms. The topological polar surface area (TPSA) is 43.4 Å². The Hall–Kier alpha value is -1.38. The molecule has 0 amide bonds. The first kappa shape index (κ1) is 10.7. The highest BCUT2D eigenvalue weighted by Crippen LogP contribution is 2.18. The fourth-order valence-electron chi connectivity index (χ4n) is 1.05. The van der Waals surface area contributed by atoms with Crippen LogP contribution in [0.15, 0.2) is 23.5 Å². The zero-order chi connectivity index (χ0) is 10.9. The third kappa shape index (κ3) is 2.55. The Labute approximate surface area is 83.4 Å². The molecule has 0 aromatic rings. The minimum atomic E-state index is -0.457. The monoisotopic (exact) mass is 194 g/mol. The van der Waals surface area contributed by atoms with Crippen LogP contribution in [0.25, 0.3) is 0 Å². The Kier molecular flexibility index (Phi) is 2.60. The van der Waals surface area contributed by atoms with E-state index in [0.29, 0.717) is 5.57 Å². The van der Waals surface area contributed by atoms with Gasteiger partial charge in [0.25, 0.3) is 0 Å². The molecular formula is C11H14O3. The van der Waals surface area contributed by atoms with Crippen molar-refractivity contribution in [3.63, 3.8) is 0 Å². The van der Waals surface area contributed by atoms with Crippen molar-refractivity contribution < 1.29 is 14.3 Å². The van der Waals surface area contributed by atoms with Crippen LogP contribution in [0.2, 0.25) is 0 Å². The summed E-state index contributed by atoms with van der Waals surface area (Å²) in [6.45, 7) is 7.11. The molecule has 76 valence electrons. The first-order chi connectivity index (χ1) is 6.29. The fourth-order valence-corrected chi connectivity index (χ4v) is 1.05. The molecule has 0 N–H and O–H groups in total. The third-order valence-corrected chi connectivity index (χ3v) is 1.66. The predicted octanol–water partition coefficient (Wildman–Crippen LogP) is 1.78. The van der Waals surface area contributed by atoms with Crippen molar-refractivity contribution in [1.82, 2.24) is 0 Å². The van der Waals surface area contributed by atoms with E-state index in [1.54, 1.807) is 6.92 Å². The number of rotatable bonds is 1. The first-order valence-corrected chi connectivity index (χ1v) is 4.47. The van der Waals surface area contributed by atoms with Crippen molar-refractivity contribution in [2.24, 2.45) is 0 Å². The van der Waals surface area contributed by atoms with Crippen LogP contribution in [0.3, 0.4) is 0 Å². The van der Waals surface area contributed by atoms with Crippen LogP contribution in [-0.4, -0.2) is 17.2 Å². The van der Waals surface area contributed by atoms with Gasteiger partial charge in [-0.25, -0.2) is 0 Å². The van der Waals surface area contributed by atoms with Crippen LogP contribution < -0.4 is 0 Å². The Morgan fingerprint density at radius 1 is 1.07 bits per heavy atom. The van der Waals surface area contributed by atoms with Crippen molar-refractivity contribution >= 4 is 11.6 Å². The van der Waals surface area contributed by atoms with Crippen LogP contribution in [0.5, 0.6) is 0 Å².